The number of aliphatic hydroxyl groups excluding tert-OH is 1. The highest BCUT2D eigenvalue weighted by molar-refractivity contribution is 5.80. The molecule has 1 amide bonds. The van der Waals surface area contributed by atoms with Gasteiger partial charge in [0.15, 0.2) is 0 Å². The van der Waals surface area contributed by atoms with Gasteiger partial charge in [0.25, 0.3) is 0 Å². The van der Waals surface area contributed by atoms with Crippen LogP contribution >= 0.6 is 0 Å². The molecule has 0 aliphatic carbocycles. The molecule has 1 heterocycles. The fraction of sp³-hybridized carbons (Fsp3) is 0.875. The third kappa shape index (κ3) is 2.19. The summed E-state index contributed by atoms with van der Waals surface area (Å²) in [7, 11) is 0. The minimum atomic E-state index is -0.942. The van der Waals surface area contributed by atoms with Gasteiger partial charge in [0.2, 0.25) is 5.91 Å². The molecule has 0 aromatic rings. The third-order valence-corrected chi connectivity index (χ3v) is 2.02. The maximum Gasteiger partial charge on any atom is 0.249 e. The van der Waals surface area contributed by atoms with Crippen molar-refractivity contribution >= 4 is 5.91 Å². The van der Waals surface area contributed by atoms with Crippen molar-refractivity contribution in [3.8, 4) is 0 Å². The lowest BCUT2D eigenvalue weighted by Gasteiger charge is -2.24. The first-order valence-electron chi connectivity index (χ1n) is 4.11. The van der Waals surface area contributed by atoms with Crippen LogP contribution in [0.4, 0.5) is 0 Å². The van der Waals surface area contributed by atoms with E-state index in [0.29, 0.717) is 13.2 Å². The maximum atomic E-state index is 11.1. The Morgan fingerprint density at radius 2 is 2.42 bits per heavy atom. The van der Waals surface area contributed by atoms with E-state index in [0.717, 1.165) is 6.42 Å². The van der Waals surface area contributed by atoms with Crippen LogP contribution in [0.2, 0.25) is 0 Å². The van der Waals surface area contributed by atoms with Gasteiger partial charge in [0.05, 0.1) is 12.1 Å². The van der Waals surface area contributed by atoms with Gasteiger partial charge in [-0.3, -0.25) is 4.79 Å². The van der Waals surface area contributed by atoms with Gasteiger partial charge in [0.1, 0.15) is 6.10 Å². The van der Waals surface area contributed by atoms with E-state index < -0.39 is 6.10 Å². The summed E-state index contributed by atoms with van der Waals surface area (Å²) in [5.41, 5.74) is -0.284. The van der Waals surface area contributed by atoms with Crippen molar-refractivity contribution in [2.75, 3.05) is 13.2 Å². The first kappa shape index (κ1) is 9.48. The van der Waals surface area contributed by atoms with Gasteiger partial charge in [-0.15, -0.1) is 0 Å². The Morgan fingerprint density at radius 3 is 2.83 bits per heavy atom. The second-order valence-electron chi connectivity index (χ2n) is 3.53. The smallest absolute Gasteiger partial charge is 0.249 e. The third-order valence-electron chi connectivity index (χ3n) is 2.02. The number of hydrogen-bond acceptors (Lipinski definition) is 3. The number of amides is 1. The molecule has 1 fully saturated rings. The van der Waals surface area contributed by atoms with Gasteiger partial charge in [-0.2, -0.15) is 0 Å². The highest BCUT2D eigenvalue weighted by Crippen LogP contribution is 2.17. The van der Waals surface area contributed by atoms with Crippen molar-refractivity contribution in [1.82, 2.24) is 5.32 Å². The van der Waals surface area contributed by atoms with Gasteiger partial charge in [-0.1, -0.05) is 0 Å². The van der Waals surface area contributed by atoms with Gasteiger partial charge in [0, 0.05) is 6.61 Å². The van der Waals surface area contributed by atoms with Crippen LogP contribution in [0.1, 0.15) is 20.3 Å². The van der Waals surface area contributed by atoms with Crippen molar-refractivity contribution in [3.63, 3.8) is 0 Å². The van der Waals surface area contributed by atoms with Crippen LogP contribution in [0.25, 0.3) is 0 Å². The molecule has 4 heteroatoms. The Morgan fingerprint density at radius 1 is 1.75 bits per heavy atom. The highest BCUT2D eigenvalue weighted by atomic mass is 16.5. The number of hydrogen-bond donors (Lipinski definition) is 2. The summed E-state index contributed by atoms with van der Waals surface area (Å²) in [6, 6.07) is 0. The molecule has 1 rings (SSSR count). The summed E-state index contributed by atoms with van der Waals surface area (Å²) in [5.74, 6) is -0.331. The van der Waals surface area contributed by atoms with Crippen LogP contribution < -0.4 is 5.32 Å². The first-order valence-corrected chi connectivity index (χ1v) is 4.11. The van der Waals surface area contributed by atoms with E-state index in [1.165, 1.54) is 6.92 Å². The molecule has 0 radical (unpaired) electrons. The molecule has 1 aliphatic heterocycles. The Hall–Kier alpha value is -0.610. The fourth-order valence-electron chi connectivity index (χ4n) is 1.17. The van der Waals surface area contributed by atoms with Crippen LogP contribution in [0.5, 0.6) is 0 Å². The summed E-state index contributed by atoms with van der Waals surface area (Å²) in [4.78, 5) is 11.1. The molecular weight excluding hydrogens is 158 g/mol. The number of carbonyl (C=O) groups is 1. The van der Waals surface area contributed by atoms with E-state index in [-0.39, 0.29) is 11.4 Å². The second-order valence-corrected chi connectivity index (χ2v) is 3.53. The molecule has 0 spiro atoms. The molecule has 12 heavy (non-hydrogen) atoms. The summed E-state index contributed by atoms with van der Waals surface area (Å²) < 4.78 is 5.14. The van der Waals surface area contributed by atoms with E-state index in [9.17, 15) is 4.79 Å². The van der Waals surface area contributed by atoms with E-state index in [1.54, 1.807) is 0 Å². The first-order chi connectivity index (χ1) is 5.53. The topological polar surface area (TPSA) is 58.6 Å². The van der Waals surface area contributed by atoms with Crippen LogP contribution in [0.15, 0.2) is 0 Å². The van der Waals surface area contributed by atoms with Crippen LogP contribution in [-0.4, -0.2) is 35.9 Å². The van der Waals surface area contributed by atoms with Crippen LogP contribution in [0, 0.1) is 0 Å². The van der Waals surface area contributed by atoms with E-state index in [2.05, 4.69) is 5.32 Å². The van der Waals surface area contributed by atoms with Crippen molar-refractivity contribution in [2.24, 2.45) is 0 Å². The fourth-order valence-corrected chi connectivity index (χ4v) is 1.17. The number of aliphatic hydroxyl groups is 1. The normalized spacial score (nSPS) is 31.6. The van der Waals surface area contributed by atoms with Gasteiger partial charge in [-0.25, -0.2) is 0 Å². The van der Waals surface area contributed by atoms with E-state index >= 15 is 0 Å². The Balaban J connectivity index is 2.44. The van der Waals surface area contributed by atoms with Crippen LogP contribution in [-0.2, 0) is 9.53 Å². The number of ether oxygens (including phenoxy) is 1. The highest BCUT2D eigenvalue weighted by Gasteiger charge is 2.31. The number of rotatable bonds is 2. The molecule has 70 valence electrons. The molecule has 0 bridgehead atoms. The molecule has 0 saturated carbocycles. The van der Waals surface area contributed by atoms with Crippen molar-refractivity contribution in [2.45, 2.75) is 31.9 Å². The van der Waals surface area contributed by atoms with E-state index in [4.69, 9.17) is 9.84 Å². The van der Waals surface area contributed by atoms with Gasteiger partial charge >= 0.3 is 0 Å². The summed E-state index contributed by atoms with van der Waals surface area (Å²) in [6.07, 6.45) is -0.131. The number of nitrogens with one attached hydrogen (secondary N) is 1. The molecule has 0 aromatic carbocycles. The Labute approximate surface area is 71.9 Å². The zero-order valence-electron chi connectivity index (χ0n) is 7.46. The van der Waals surface area contributed by atoms with E-state index in [1.807, 2.05) is 6.92 Å². The lowest BCUT2D eigenvalue weighted by molar-refractivity contribution is -0.130. The Kier molecular flexibility index (Phi) is 2.69. The SMILES string of the molecule is C[C@H](O)C(=O)NC1(C)CCOC1. The predicted octanol–water partition coefficient (Wildman–Crippen LogP) is -0.338. The summed E-state index contributed by atoms with van der Waals surface area (Å²) >= 11 is 0. The average Bonchev–Trinajstić information content (AvgIpc) is 2.35. The largest absolute Gasteiger partial charge is 0.384 e. The van der Waals surface area contributed by atoms with Crippen molar-refractivity contribution in [1.29, 1.82) is 0 Å². The molecule has 2 atom stereocenters. The zero-order chi connectivity index (χ0) is 9.19. The Bertz CT molecular complexity index is 173. The molecule has 0 aromatic heterocycles. The molecular formula is C8H15NO3. The maximum absolute atomic E-state index is 11.1. The minimum absolute atomic E-state index is 0.284. The van der Waals surface area contributed by atoms with Crippen LogP contribution in [0.3, 0.4) is 0 Å². The molecule has 4 nitrogen and oxygen atoms in total. The van der Waals surface area contributed by atoms with Crippen molar-refractivity contribution < 1.29 is 14.6 Å². The quantitative estimate of drug-likeness (QED) is 0.600. The second kappa shape index (κ2) is 3.41. The standard InChI is InChI=1S/C8H15NO3/c1-6(10)7(11)9-8(2)3-4-12-5-8/h6,10H,3-5H2,1-2H3,(H,9,11)/t6-,8?/m0/s1. The monoisotopic (exact) mass is 173 g/mol. The number of carbonyl (C=O) groups excluding carboxylic acids is 1. The molecule has 2 N–H and O–H groups in total. The minimum Gasteiger partial charge on any atom is -0.384 e. The lowest BCUT2D eigenvalue weighted by Crippen LogP contribution is -2.49. The zero-order valence-corrected chi connectivity index (χ0v) is 7.46. The molecule has 1 aliphatic rings. The summed E-state index contributed by atoms with van der Waals surface area (Å²) in [5, 5.41) is 11.7. The molecule has 1 saturated heterocycles. The van der Waals surface area contributed by atoms with Gasteiger partial charge in [-0.05, 0) is 20.3 Å². The van der Waals surface area contributed by atoms with Crippen molar-refractivity contribution in [3.05, 3.63) is 0 Å². The predicted molar refractivity (Wildman–Crippen MR) is 43.7 cm³/mol. The molecule has 1 unspecified atom stereocenters. The average molecular weight is 173 g/mol. The van der Waals surface area contributed by atoms with Gasteiger partial charge < -0.3 is 15.2 Å². The summed E-state index contributed by atoms with van der Waals surface area (Å²) in [6.45, 7) is 4.58. The lowest BCUT2D eigenvalue weighted by atomic mass is 10.0.